The molecule has 1 atom stereocenters. The van der Waals surface area contributed by atoms with Gasteiger partial charge in [0, 0.05) is 6.26 Å². The summed E-state index contributed by atoms with van der Waals surface area (Å²) < 4.78 is 31.1. The first-order valence-corrected chi connectivity index (χ1v) is 4.64. The Labute approximate surface area is 63.9 Å². The lowest BCUT2D eigenvalue weighted by molar-refractivity contribution is -0.140. The molecule has 0 bridgehead atoms. The third kappa shape index (κ3) is 1.68. The van der Waals surface area contributed by atoms with Gasteiger partial charge in [0.05, 0.1) is 0 Å². The van der Waals surface area contributed by atoms with Crippen molar-refractivity contribution in [2.75, 3.05) is 12.9 Å². The van der Waals surface area contributed by atoms with Crippen molar-refractivity contribution in [2.45, 2.75) is 11.7 Å². The second-order valence-electron chi connectivity index (χ2n) is 2.44. The Hall–Kier alpha value is -0.650. The van der Waals surface area contributed by atoms with E-state index in [1.807, 2.05) is 0 Å². The van der Waals surface area contributed by atoms with E-state index in [2.05, 4.69) is 0 Å². The van der Waals surface area contributed by atoms with E-state index in [1.165, 1.54) is 0 Å². The van der Waals surface area contributed by atoms with Crippen molar-refractivity contribution in [1.82, 2.24) is 0 Å². The van der Waals surface area contributed by atoms with E-state index in [0.29, 0.717) is 6.26 Å². The van der Waals surface area contributed by atoms with Crippen LogP contribution < -0.4 is 0 Å². The highest BCUT2D eigenvalue weighted by Gasteiger charge is 2.44. The Morgan fingerprint density at radius 3 is 2.00 bits per heavy atom. The molecule has 0 spiro atoms. The molecule has 0 aliphatic rings. The number of carboxylic acid groups (broad SMARTS) is 1. The minimum absolute atomic E-state index is 0.695. The van der Waals surface area contributed by atoms with Crippen molar-refractivity contribution < 1.29 is 22.7 Å². The molecular weight excluding hydrogens is 175 g/mol. The van der Waals surface area contributed by atoms with Crippen molar-refractivity contribution in [3.63, 3.8) is 0 Å². The van der Waals surface area contributed by atoms with E-state index in [9.17, 15) is 17.6 Å². The summed E-state index contributed by atoms with van der Waals surface area (Å²) in [5, 5.41) is 8.35. The summed E-state index contributed by atoms with van der Waals surface area (Å²) in [6.45, 7) is -0.578. The summed E-state index contributed by atoms with van der Waals surface area (Å²) >= 11 is 0. The van der Waals surface area contributed by atoms with Crippen LogP contribution >= 0.6 is 0 Å². The monoisotopic (exact) mass is 184 g/mol. The van der Waals surface area contributed by atoms with Gasteiger partial charge in [-0.05, 0) is 6.92 Å². The molecular formula is C5H9FO4S. The molecule has 1 unspecified atom stereocenters. The van der Waals surface area contributed by atoms with Crippen LogP contribution in [0.4, 0.5) is 4.39 Å². The summed E-state index contributed by atoms with van der Waals surface area (Å²) in [6.07, 6.45) is 0.695. The number of aliphatic carboxylic acids is 1. The van der Waals surface area contributed by atoms with Crippen LogP contribution in [0.2, 0.25) is 0 Å². The van der Waals surface area contributed by atoms with Gasteiger partial charge in [-0.2, -0.15) is 0 Å². The van der Waals surface area contributed by atoms with Gasteiger partial charge in [0.25, 0.3) is 0 Å². The molecule has 0 heterocycles. The molecule has 0 aromatic heterocycles. The van der Waals surface area contributed by atoms with E-state index in [1.54, 1.807) is 0 Å². The minimum atomic E-state index is -3.89. The molecule has 0 rings (SSSR count). The number of carbonyl (C=O) groups is 1. The normalized spacial score (nSPS) is 17.4. The zero-order valence-corrected chi connectivity index (χ0v) is 6.98. The highest BCUT2D eigenvalue weighted by atomic mass is 32.2. The quantitative estimate of drug-likeness (QED) is 0.661. The number of hydrogen-bond acceptors (Lipinski definition) is 3. The zero-order valence-electron chi connectivity index (χ0n) is 6.17. The first-order valence-electron chi connectivity index (χ1n) is 2.74. The molecule has 0 aromatic rings. The molecule has 0 saturated heterocycles. The lowest BCUT2D eigenvalue weighted by atomic mass is 10.2. The topological polar surface area (TPSA) is 71.4 Å². The van der Waals surface area contributed by atoms with Crippen LogP contribution in [-0.2, 0) is 14.6 Å². The number of rotatable bonds is 3. The van der Waals surface area contributed by atoms with Crippen LogP contribution in [-0.4, -0.2) is 37.2 Å². The van der Waals surface area contributed by atoms with Crippen LogP contribution in [0.1, 0.15) is 6.92 Å². The predicted octanol–water partition coefficient (Wildman–Crippen LogP) is -0.156. The molecule has 0 fully saturated rings. The van der Waals surface area contributed by atoms with E-state index < -0.39 is 27.2 Å². The molecule has 4 nitrogen and oxygen atoms in total. The van der Waals surface area contributed by atoms with Crippen molar-refractivity contribution in [1.29, 1.82) is 0 Å². The van der Waals surface area contributed by atoms with Crippen molar-refractivity contribution in [3.05, 3.63) is 0 Å². The summed E-state index contributed by atoms with van der Waals surface area (Å²) in [4.78, 5) is 10.3. The van der Waals surface area contributed by atoms with Crippen molar-refractivity contribution >= 4 is 15.8 Å². The van der Waals surface area contributed by atoms with E-state index in [4.69, 9.17) is 5.11 Å². The summed E-state index contributed by atoms with van der Waals surface area (Å²) in [5.41, 5.74) is 0. The first-order chi connectivity index (χ1) is 4.75. The smallest absolute Gasteiger partial charge is 0.327 e. The van der Waals surface area contributed by atoms with E-state index in [0.717, 1.165) is 6.92 Å². The maximum atomic E-state index is 12.0. The molecule has 0 aliphatic heterocycles. The van der Waals surface area contributed by atoms with Crippen LogP contribution in [0.5, 0.6) is 0 Å². The van der Waals surface area contributed by atoms with Gasteiger partial charge in [-0.1, -0.05) is 0 Å². The van der Waals surface area contributed by atoms with Crippen LogP contribution in [0, 0.1) is 0 Å². The average molecular weight is 184 g/mol. The highest BCUT2D eigenvalue weighted by molar-refractivity contribution is 7.92. The third-order valence-corrected chi connectivity index (χ3v) is 3.45. The SMILES string of the molecule is CC(CF)(C(=O)O)S(C)(=O)=O. The fourth-order valence-electron chi connectivity index (χ4n) is 0.315. The van der Waals surface area contributed by atoms with Gasteiger partial charge in [-0.3, -0.25) is 4.79 Å². The van der Waals surface area contributed by atoms with Crippen molar-refractivity contribution in [3.8, 4) is 0 Å². The van der Waals surface area contributed by atoms with Crippen LogP contribution in [0.15, 0.2) is 0 Å². The number of alkyl halides is 1. The minimum Gasteiger partial charge on any atom is -0.480 e. The summed E-state index contributed by atoms with van der Waals surface area (Å²) in [7, 11) is -3.89. The molecule has 66 valence electrons. The standard InChI is InChI=1S/C5H9FO4S/c1-5(3-6,4(7)8)11(2,9)10/h3H2,1-2H3,(H,7,8). The Bertz CT molecular complexity index is 258. The molecule has 0 aliphatic carbocycles. The molecule has 0 aromatic carbocycles. The second kappa shape index (κ2) is 2.77. The Kier molecular flexibility index (Phi) is 2.60. The van der Waals surface area contributed by atoms with E-state index >= 15 is 0 Å². The molecule has 1 N–H and O–H groups in total. The first kappa shape index (κ1) is 10.3. The third-order valence-electron chi connectivity index (χ3n) is 1.53. The van der Waals surface area contributed by atoms with Gasteiger partial charge in [0.15, 0.2) is 14.6 Å². The largest absolute Gasteiger partial charge is 0.480 e. The van der Waals surface area contributed by atoms with Gasteiger partial charge in [0.2, 0.25) is 0 Å². The Morgan fingerprint density at radius 2 is 2.00 bits per heavy atom. The fraction of sp³-hybridized carbons (Fsp3) is 0.800. The number of carboxylic acids is 1. The van der Waals surface area contributed by atoms with Crippen molar-refractivity contribution in [2.24, 2.45) is 0 Å². The van der Waals surface area contributed by atoms with Gasteiger partial charge >= 0.3 is 5.97 Å². The molecule has 0 saturated carbocycles. The average Bonchev–Trinajstić information content (AvgIpc) is 1.83. The van der Waals surface area contributed by atoms with Crippen LogP contribution in [0.3, 0.4) is 0 Å². The number of hydrogen-bond donors (Lipinski definition) is 1. The molecule has 0 amide bonds. The Balaban J connectivity index is 5.09. The number of sulfone groups is 1. The summed E-state index contributed by atoms with van der Waals surface area (Å²) in [5.74, 6) is -1.66. The van der Waals surface area contributed by atoms with Gasteiger partial charge in [0.1, 0.15) is 6.67 Å². The Morgan fingerprint density at radius 1 is 1.64 bits per heavy atom. The maximum Gasteiger partial charge on any atom is 0.327 e. The molecule has 0 radical (unpaired) electrons. The summed E-state index contributed by atoms with van der Waals surface area (Å²) in [6, 6.07) is 0. The van der Waals surface area contributed by atoms with Gasteiger partial charge < -0.3 is 5.11 Å². The van der Waals surface area contributed by atoms with Crippen LogP contribution in [0.25, 0.3) is 0 Å². The number of halogens is 1. The fourth-order valence-corrected chi connectivity index (χ4v) is 0.830. The van der Waals surface area contributed by atoms with Gasteiger partial charge in [-0.15, -0.1) is 0 Å². The molecule has 6 heteroatoms. The lowest BCUT2D eigenvalue weighted by Gasteiger charge is -2.17. The highest BCUT2D eigenvalue weighted by Crippen LogP contribution is 2.16. The zero-order chi connectivity index (χ0) is 9.28. The van der Waals surface area contributed by atoms with E-state index in [-0.39, 0.29) is 0 Å². The van der Waals surface area contributed by atoms with Gasteiger partial charge in [-0.25, -0.2) is 12.8 Å². The molecule has 11 heavy (non-hydrogen) atoms. The maximum absolute atomic E-state index is 12.0. The predicted molar refractivity (Wildman–Crippen MR) is 36.9 cm³/mol. The lowest BCUT2D eigenvalue weighted by Crippen LogP contribution is -2.45. The second-order valence-corrected chi connectivity index (χ2v) is 4.89.